The van der Waals surface area contributed by atoms with Gasteiger partial charge in [-0.2, -0.15) is 4.31 Å². The number of nitrogens with zero attached hydrogens (tertiary/aromatic N) is 5. The van der Waals surface area contributed by atoms with Crippen LogP contribution in [-0.4, -0.2) is 87.1 Å². The first-order valence-electron chi connectivity index (χ1n) is 13.1. The number of rotatable bonds is 7. The second-order valence-electron chi connectivity index (χ2n) is 11.2. The lowest BCUT2D eigenvalue weighted by molar-refractivity contribution is 0.0521. The van der Waals surface area contributed by atoms with Crippen molar-refractivity contribution in [1.82, 2.24) is 29.1 Å². The molecule has 12 nitrogen and oxygen atoms in total. The Morgan fingerprint density at radius 3 is 2.66 bits per heavy atom. The third-order valence-electron chi connectivity index (χ3n) is 6.65. The molecule has 1 aliphatic heterocycles. The van der Waals surface area contributed by atoms with Gasteiger partial charge in [0.05, 0.1) is 46.9 Å². The molecule has 3 heterocycles. The fourth-order valence-corrected chi connectivity index (χ4v) is 5.84. The van der Waals surface area contributed by atoms with Crippen LogP contribution in [0, 0.1) is 12.7 Å². The number of nitrogens with one attached hydrogen (secondary N) is 2. The summed E-state index contributed by atoms with van der Waals surface area (Å²) < 4.78 is 47.3. The molecule has 41 heavy (non-hydrogen) atoms. The van der Waals surface area contributed by atoms with Crippen LogP contribution in [0.4, 0.5) is 15.1 Å². The minimum absolute atomic E-state index is 0.0524. The average Bonchev–Trinajstić information content (AvgIpc) is 3.19. The van der Waals surface area contributed by atoms with Crippen LogP contribution in [0.2, 0.25) is 5.02 Å². The maximum atomic E-state index is 15.3. The van der Waals surface area contributed by atoms with Gasteiger partial charge in [0.25, 0.3) is 0 Å². The topological polar surface area (TPSA) is 152 Å². The molecule has 3 atom stereocenters. The number of sulfonamides is 1. The summed E-state index contributed by atoms with van der Waals surface area (Å²) in [6.45, 7) is 9.35. The van der Waals surface area contributed by atoms with Crippen LogP contribution in [0.25, 0.3) is 22.3 Å². The van der Waals surface area contributed by atoms with Gasteiger partial charge in [-0.05, 0) is 53.2 Å². The van der Waals surface area contributed by atoms with E-state index >= 15 is 4.39 Å². The van der Waals surface area contributed by atoms with Gasteiger partial charge in [0.2, 0.25) is 16.0 Å². The molecule has 3 aromatic rings. The van der Waals surface area contributed by atoms with Crippen LogP contribution in [0.3, 0.4) is 0 Å². The largest absolute Gasteiger partial charge is 0.444 e. The Balaban J connectivity index is 1.60. The van der Waals surface area contributed by atoms with Crippen LogP contribution in [0.15, 0.2) is 18.3 Å². The number of carbonyl (C=O) groups is 1. The predicted octanol–water partition coefficient (Wildman–Crippen LogP) is 3.49. The standard InChI is InChI=1S/C26H35ClFN7O5S/c1-14(11-30-25(37)40-26(3,4)5)35-15(2)31-23-18(28)9-16(10-20(23)35)22-17(27)12-29-24(33-22)32-19-7-8-34(13-21(19)36)41(6,38)39/h9-10,12,14,19,21,36H,7-8,11,13H2,1-6H3,(H,30,37)(H,29,32,33)/t14-,19-,21-/m1/s1. The van der Waals surface area contributed by atoms with Crippen molar-refractivity contribution in [3.63, 3.8) is 0 Å². The molecule has 1 amide bonds. The molecular weight excluding hydrogens is 577 g/mol. The fourth-order valence-electron chi connectivity index (χ4n) is 4.78. The monoisotopic (exact) mass is 611 g/mol. The number of aromatic nitrogens is 4. The highest BCUT2D eigenvalue weighted by Gasteiger charge is 2.32. The number of piperidine rings is 1. The Kier molecular flexibility index (Phi) is 8.79. The zero-order valence-corrected chi connectivity index (χ0v) is 25.3. The van der Waals surface area contributed by atoms with E-state index in [1.54, 1.807) is 33.8 Å². The lowest BCUT2D eigenvalue weighted by atomic mass is 10.0. The number of hydrogen-bond acceptors (Lipinski definition) is 9. The van der Waals surface area contributed by atoms with Crippen LogP contribution in [-0.2, 0) is 14.8 Å². The van der Waals surface area contributed by atoms with Crippen molar-refractivity contribution >= 4 is 44.7 Å². The number of imidazole rings is 1. The average molecular weight is 612 g/mol. The normalized spacial score (nSPS) is 19.2. The van der Waals surface area contributed by atoms with E-state index in [0.29, 0.717) is 23.3 Å². The Morgan fingerprint density at radius 2 is 2.02 bits per heavy atom. The lowest BCUT2D eigenvalue weighted by Crippen LogP contribution is -2.51. The summed E-state index contributed by atoms with van der Waals surface area (Å²) in [5.41, 5.74) is 0.659. The van der Waals surface area contributed by atoms with Crippen molar-refractivity contribution in [2.75, 3.05) is 31.2 Å². The molecule has 3 N–H and O–H groups in total. The molecule has 1 aliphatic rings. The minimum atomic E-state index is -3.42. The highest BCUT2D eigenvalue weighted by Crippen LogP contribution is 2.32. The Morgan fingerprint density at radius 1 is 1.32 bits per heavy atom. The highest BCUT2D eigenvalue weighted by atomic mass is 35.5. The molecule has 15 heteroatoms. The van der Waals surface area contributed by atoms with E-state index in [4.69, 9.17) is 16.3 Å². The van der Waals surface area contributed by atoms with E-state index in [0.717, 1.165) is 6.26 Å². The maximum Gasteiger partial charge on any atom is 0.407 e. The summed E-state index contributed by atoms with van der Waals surface area (Å²) in [5, 5.41) is 16.5. The zero-order chi connectivity index (χ0) is 30.3. The van der Waals surface area contributed by atoms with E-state index in [9.17, 15) is 18.3 Å². The molecule has 0 bridgehead atoms. The molecule has 224 valence electrons. The van der Waals surface area contributed by atoms with Gasteiger partial charge >= 0.3 is 6.09 Å². The molecule has 0 radical (unpaired) electrons. The molecule has 0 spiro atoms. The van der Waals surface area contributed by atoms with Crippen LogP contribution in [0.1, 0.15) is 46.0 Å². The number of fused-ring (bicyclic) bond motifs is 1. The van der Waals surface area contributed by atoms with Gasteiger partial charge in [0.15, 0.2) is 5.82 Å². The van der Waals surface area contributed by atoms with Gasteiger partial charge < -0.3 is 25.0 Å². The fraction of sp³-hybridized carbons (Fsp3) is 0.538. The summed E-state index contributed by atoms with van der Waals surface area (Å²) in [5.74, 6) is 0.140. The number of aliphatic hydroxyl groups excluding tert-OH is 1. The summed E-state index contributed by atoms with van der Waals surface area (Å²) in [4.78, 5) is 25.3. The SMILES string of the molecule is Cc1nc2c(F)cc(-c3nc(N[C@@H]4CCN(S(C)(=O)=O)C[C@H]4O)ncc3Cl)cc2n1[C@H](C)CNC(=O)OC(C)(C)C. The quantitative estimate of drug-likeness (QED) is 0.364. The van der Waals surface area contributed by atoms with E-state index in [2.05, 4.69) is 25.6 Å². The Bertz CT molecular complexity index is 1560. The number of hydrogen-bond donors (Lipinski definition) is 3. The van der Waals surface area contributed by atoms with Crippen LogP contribution >= 0.6 is 11.6 Å². The smallest absolute Gasteiger partial charge is 0.407 e. The van der Waals surface area contributed by atoms with E-state index in [1.165, 1.54) is 16.6 Å². The zero-order valence-electron chi connectivity index (χ0n) is 23.8. The van der Waals surface area contributed by atoms with Crippen molar-refractivity contribution in [2.45, 2.75) is 64.8 Å². The molecule has 1 saturated heterocycles. The highest BCUT2D eigenvalue weighted by molar-refractivity contribution is 7.88. The molecule has 0 unspecified atom stereocenters. The van der Waals surface area contributed by atoms with Crippen molar-refractivity contribution in [2.24, 2.45) is 0 Å². The molecule has 4 rings (SSSR count). The Hall–Kier alpha value is -3.07. The van der Waals surface area contributed by atoms with Crippen molar-refractivity contribution in [3.05, 3.63) is 35.0 Å². The van der Waals surface area contributed by atoms with Gasteiger partial charge in [-0.3, -0.25) is 0 Å². The summed E-state index contributed by atoms with van der Waals surface area (Å²) in [7, 11) is -3.42. The minimum Gasteiger partial charge on any atom is -0.444 e. The number of alkyl carbamates (subject to hydrolysis) is 1. The van der Waals surface area contributed by atoms with E-state index in [-0.39, 0.29) is 47.9 Å². The summed E-state index contributed by atoms with van der Waals surface area (Å²) in [6, 6.07) is 2.23. The van der Waals surface area contributed by atoms with Gasteiger partial charge in [-0.15, -0.1) is 0 Å². The first-order valence-corrected chi connectivity index (χ1v) is 15.3. The maximum absolute atomic E-state index is 15.3. The number of aryl methyl sites for hydroxylation is 1. The number of amides is 1. The van der Waals surface area contributed by atoms with Gasteiger partial charge in [0, 0.05) is 25.2 Å². The third-order valence-corrected chi connectivity index (χ3v) is 8.20. The van der Waals surface area contributed by atoms with E-state index in [1.807, 2.05) is 11.5 Å². The number of carbonyl (C=O) groups excluding carboxylic acids is 1. The molecule has 1 aromatic carbocycles. The number of halogens is 2. The molecule has 2 aromatic heterocycles. The molecule has 1 fully saturated rings. The first kappa shape index (κ1) is 30.9. The number of anilines is 1. The number of ether oxygens (including phenoxy) is 1. The number of aliphatic hydroxyl groups is 1. The van der Waals surface area contributed by atoms with Gasteiger partial charge in [0.1, 0.15) is 16.9 Å². The van der Waals surface area contributed by atoms with Gasteiger partial charge in [-0.25, -0.2) is 32.6 Å². The third kappa shape index (κ3) is 7.23. The van der Waals surface area contributed by atoms with Crippen molar-refractivity contribution in [3.8, 4) is 11.3 Å². The van der Waals surface area contributed by atoms with E-state index < -0.39 is 39.7 Å². The lowest BCUT2D eigenvalue weighted by Gasteiger charge is -2.34. The second kappa shape index (κ2) is 11.7. The predicted molar refractivity (Wildman–Crippen MR) is 154 cm³/mol. The van der Waals surface area contributed by atoms with Crippen molar-refractivity contribution < 1.29 is 27.4 Å². The molecule has 0 saturated carbocycles. The molecular formula is C26H35ClFN7O5S. The summed E-state index contributed by atoms with van der Waals surface area (Å²) >= 11 is 6.44. The van der Waals surface area contributed by atoms with Crippen LogP contribution < -0.4 is 10.6 Å². The summed E-state index contributed by atoms with van der Waals surface area (Å²) in [6.07, 6.45) is 1.27. The Labute approximate surface area is 243 Å². The van der Waals surface area contributed by atoms with Crippen molar-refractivity contribution in [1.29, 1.82) is 0 Å². The first-order chi connectivity index (χ1) is 19.0. The van der Waals surface area contributed by atoms with Crippen LogP contribution in [0.5, 0.6) is 0 Å². The number of β-amino-alcohol motifs (C(OH)–C–C–N with tert-alkyl or cyclic N) is 1. The second-order valence-corrected chi connectivity index (χ2v) is 13.6. The number of benzene rings is 1. The van der Waals surface area contributed by atoms with Gasteiger partial charge in [-0.1, -0.05) is 11.6 Å². The molecule has 0 aliphatic carbocycles.